The van der Waals surface area contributed by atoms with E-state index in [1.165, 1.54) is 5.56 Å². The summed E-state index contributed by atoms with van der Waals surface area (Å²) in [7, 11) is 0. The fraction of sp³-hybridized carbons (Fsp3) is 0.625. The van der Waals surface area contributed by atoms with E-state index in [1.54, 1.807) is 0 Å². The average molecular weight is 482 g/mol. The van der Waals surface area contributed by atoms with Crippen molar-refractivity contribution in [3.8, 4) is 0 Å². The minimum absolute atomic E-state index is 0.429. The summed E-state index contributed by atoms with van der Waals surface area (Å²) in [5, 5.41) is 0. The van der Waals surface area contributed by atoms with Crippen molar-refractivity contribution >= 4 is 0 Å². The molecular weight excluding hydrogens is 436 g/mol. The van der Waals surface area contributed by atoms with Crippen LogP contribution in [0, 0.1) is 0 Å². The maximum absolute atomic E-state index is 16.2. The molecule has 4 rings (SSSR count). The Morgan fingerprint density at radius 3 is 1.83 bits per heavy atom. The van der Waals surface area contributed by atoms with Gasteiger partial charge in [-0.15, -0.1) is 0 Å². The smallest absolute Gasteiger partial charge is 0.136 e. The number of hydrogen-bond acceptors (Lipinski definition) is 1. The fourth-order valence-electron chi connectivity index (χ4n) is 6.74. The van der Waals surface area contributed by atoms with Gasteiger partial charge in [0, 0.05) is 12.6 Å². The molecule has 2 aromatic carbocycles. The van der Waals surface area contributed by atoms with Crippen molar-refractivity contribution in [2.45, 2.75) is 115 Å². The van der Waals surface area contributed by atoms with Crippen molar-refractivity contribution in [3.63, 3.8) is 0 Å². The van der Waals surface area contributed by atoms with Gasteiger partial charge in [0.05, 0.1) is 0 Å². The van der Waals surface area contributed by atoms with Crippen molar-refractivity contribution in [1.29, 1.82) is 0 Å². The van der Waals surface area contributed by atoms with Gasteiger partial charge in [0.1, 0.15) is 11.3 Å². The number of halogens is 2. The highest BCUT2D eigenvalue weighted by Crippen LogP contribution is 2.49. The van der Waals surface area contributed by atoms with Crippen LogP contribution in [0.1, 0.15) is 107 Å². The lowest BCUT2D eigenvalue weighted by Crippen LogP contribution is -2.38. The highest BCUT2D eigenvalue weighted by Gasteiger charge is 2.42. The molecule has 0 amide bonds. The summed E-state index contributed by atoms with van der Waals surface area (Å²) in [5.41, 5.74) is 1.42. The van der Waals surface area contributed by atoms with Gasteiger partial charge in [-0.1, -0.05) is 62.4 Å². The highest BCUT2D eigenvalue weighted by molar-refractivity contribution is 5.43. The Morgan fingerprint density at radius 2 is 1.31 bits per heavy atom. The molecule has 1 unspecified atom stereocenters. The molecule has 192 valence electrons. The van der Waals surface area contributed by atoms with Gasteiger partial charge in [0.25, 0.3) is 0 Å². The van der Waals surface area contributed by atoms with Crippen LogP contribution in [-0.4, -0.2) is 24.0 Å². The minimum Gasteiger partial charge on any atom is -0.300 e. The standard InChI is InChI=1S/C32H45F2N/c1-3-24-35(25-19-26-13-6-5-7-14-26)27(4-2)17-18-28-29(31(33)20-8-9-21-31)15-12-16-30(28)32(34)22-10-11-23-32/h5-7,12-16,27H,3-4,8-11,17-25H2,1-2H3. The first-order valence-electron chi connectivity index (χ1n) is 14.3. The van der Waals surface area contributed by atoms with Crippen LogP contribution in [-0.2, 0) is 24.2 Å². The molecule has 0 aromatic heterocycles. The van der Waals surface area contributed by atoms with Crippen molar-refractivity contribution < 1.29 is 8.78 Å². The highest BCUT2D eigenvalue weighted by atomic mass is 19.1. The lowest BCUT2D eigenvalue weighted by atomic mass is 9.80. The number of hydrogen-bond donors (Lipinski definition) is 0. The van der Waals surface area contributed by atoms with E-state index in [0.717, 1.165) is 87.6 Å². The van der Waals surface area contributed by atoms with Crippen LogP contribution >= 0.6 is 0 Å². The summed E-state index contributed by atoms with van der Waals surface area (Å²) in [4.78, 5) is 2.62. The van der Waals surface area contributed by atoms with Gasteiger partial charge in [-0.05, 0) is 112 Å². The van der Waals surface area contributed by atoms with E-state index in [1.807, 2.05) is 18.2 Å². The van der Waals surface area contributed by atoms with Crippen LogP contribution in [0.15, 0.2) is 48.5 Å². The van der Waals surface area contributed by atoms with Gasteiger partial charge in [-0.2, -0.15) is 0 Å². The first kappa shape index (κ1) is 26.3. The molecule has 3 heteroatoms. The minimum atomic E-state index is -1.28. The second-order valence-corrected chi connectivity index (χ2v) is 11.0. The van der Waals surface area contributed by atoms with Crippen molar-refractivity contribution in [2.24, 2.45) is 0 Å². The Kier molecular flexibility index (Phi) is 9.02. The van der Waals surface area contributed by atoms with Gasteiger partial charge in [-0.25, -0.2) is 8.78 Å². The average Bonchev–Trinajstić information content (AvgIpc) is 3.53. The third-order valence-corrected chi connectivity index (χ3v) is 8.69. The van der Waals surface area contributed by atoms with E-state index < -0.39 is 11.3 Å². The lowest BCUT2D eigenvalue weighted by molar-refractivity contribution is 0.159. The predicted molar refractivity (Wildman–Crippen MR) is 143 cm³/mol. The summed E-state index contributed by atoms with van der Waals surface area (Å²) in [5.74, 6) is 0. The summed E-state index contributed by atoms with van der Waals surface area (Å²) in [6, 6.07) is 17.0. The Labute approximate surface area is 212 Å². The van der Waals surface area contributed by atoms with Gasteiger partial charge < -0.3 is 4.90 Å². The molecule has 0 bridgehead atoms. The normalized spacial score (nSPS) is 19.9. The monoisotopic (exact) mass is 481 g/mol. The Balaban J connectivity index is 1.57. The number of alkyl halides is 2. The zero-order valence-electron chi connectivity index (χ0n) is 22.0. The quantitative estimate of drug-likeness (QED) is 0.293. The lowest BCUT2D eigenvalue weighted by Gasteiger charge is -2.33. The van der Waals surface area contributed by atoms with E-state index in [-0.39, 0.29) is 0 Å². The van der Waals surface area contributed by atoms with E-state index >= 15 is 8.78 Å². The van der Waals surface area contributed by atoms with Crippen LogP contribution in [0.2, 0.25) is 0 Å². The summed E-state index contributed by atoms with van der Waals surface area (Å²) < 4.78 is 32.3. The summed E-state index contributed by atoms with van der Waals surface area (Å²) >= 11 is 0. The molecule has 2 saturated carbocycles. The van der Waals surface area contributed by atoms with E-state index in [4.69, 9.17) is 0 Å². The molecule has 2 fully saturated rings. The molecule has 1 nitrogen and oxygen atoms in total. The molecule has 2 aliphatic carbocycles. The number of nitrogens with zero attached hydrogens (tertiary/aromatic N) is 1. The Bertz CT molecular complexity index is 872. The topological polar surface area (TPSA) is 3.24 Å². The second kappa shape index (κ2) is 12.0. The Morgan fingerprint density at radius 1 is 0.743 bits per heavy atom. The van der Waals surface area contributed by atoms with Crippen molar-refractivity contribution in [1.82, 2.24) is 4.90 Å². The molecule has 0 radical (unpaired) electrons. The van der Waals surface area contributed by atoms with Crippen LogP contribution in [0.5, 0.6) is 0 Å². The van der Waals surface area contributed by atoms with E-state index in [9.17, 15) is 0 Å². The largest absolute Gasteiger partial charge is 0.300 e. The predicted octanol–water partition coefficient (Wildman–Crippen LogP) is 8.83. The summed E-state index contributed by atoms with van der Waals surface area (Å²) in [6.07, 6.45) is 11.0. The molecule has 0 heterocycles. The number of rotatable bonds is 12. The van der Waals surface area contributed by atoms with Gasteiger partial charge in [0.15, 0.2) is 0 Å². The van der Waals surface area contributed by atoms with Crippen LogP contribution in [0.25, 0.3) is 0 Å². The maximum Gasteiger partial charge on any atom is 0.136 e. The molecule has 0 saturated heterocycles. The molecule has 0 spiro atoms. The maximum atomic E-state index is 16.2. The van der Waals surface area contributed by atoms with Crippen LogP contribution < -0.4 is 0 Å². The number of benzene rings is 2. The van der Waals surface area contributed by atoms with Crippen LogP contribution in [0.3, 0.4) is 0 Å². The zero-order chi connectivity index (χ0) is 24.7. The zero-order valence-corrected chi connectivity index (χ0v) is 22.0. The molecule has 2 aromatic rings. The summed E-state index contributed by atoms with van der Waals surface area (Å²) in [6.45, 7) is 6.62. The molecule has 2 aliphatic rings. The molecule has 0 aliphatic heterocycles. The Hall–Kier alpha value is -1.74. The van der Waals surface area contributed by atoms with Gasteiger partial charge in [-0.3, -0.25) is 0 Å². The third-order valence-electron chi connectivity index (χ3n) is 8.69. The van der Waals surface area contributed by atoms with Gasteiger partial charge >= 0.3 is 0 Å². The molecule has 1 atom stereocenters. The first-order chi connectivity index (χ1) is 17.0. The second-order valence-electron chi connectivity index (χ2n) is 11.0. The van der Waals surface area contributed by atoms with Crippen molar-refractivity contribution in [2.75, 3.05) is 13.1 Å². The molecule has 35 heavy (non-hydrogen) atoms. The van der Waals surface area contributed by atoms with Gasteiger partial charge in [0.2, 0.25) is 0 Å². The fourth-order valence-corrected chi connectivity index (χ4v) is 6.74. The first-order valence-corrected chi connectivity index (χ1v) is 14.3. The molecule has 0 N–H and O–H groups in total. The molecular formula is C32H45F2N. The van der Waals surface area contributed by atoms with Crippen LogP contribution in [0.4, 0.5) is 8.78 Å². The van der Waals surface area contributed by atoms with E-state index in [0.29, 0.717) is 31.7 Å². The third kappa shape index (κ3) is 6.16. The SMILES string of the molecule is CCCN(CCc1ccccc1)C(CC)CCc1c(C2(F)CCCC2)cccc1C1(F)CCCC1. The van der Waals surface area contributed by atoms with E-state index in [2.05, 4.69) is 49.1 Å². The van der Waals surface area contributed by atoms with Crippen molar-refractivity contribution in [3.05, 3.63) is 70.8 Å².